The molecule has 0 saturated carbocycles. The van der Waals surface area contributed by atoms with Crippen LogP contribution in [0.4, 0.5) is 8.78 Å². The largest absolute Gasteiger partial charge is 0.271 e. The van der Waals surface area contributed by atoms with Crippen molar-refractivity contribution >= 4 is 0 Å². The van der Waals surface area contributed by atoms with E-state index in [4.69, 9.17) is 5.84 Å². The Morgan fingerprint density at radius 3 is 2.14 bits per heavy atom. The van der Waals surface area contributed by atoms with Crippen LogP contribution in [0.5, 0.6) is 0 Å². The molecule has 0 bridgehead atoms. The zero-order chi connectivity index (χ0) is 15.6. The van der Waals surface area contributed by atoms with Crippen LogP contribution in [-0.2, 0) is 6.42 Å². The van der Waals surface area contributed by atoms with Gasteiger partial charge in [-0.25, -0.2) is 8.78 Å². The van der Waals surface area contributed by atoms with E-state index in [0.717, 1.165) is 22.8 Å². The zero-order valence-corrected chi connectivity index (χ0v) is 12.5. The van der Waals surface area contributed by atoms with E-state index in [9.17, 15) is 8.78 Å². The number of rotatable bonds is 4. The molecular weight excluding hydrogens is 270 g/mol. The Bertz CT molecular complexity index is 633. The van der Waals surface area contributed by atoms with Crippen molar-refractivity contribution in [1.82, 2.24) is 5.43 Å². The van der Waals surface area contributed by atoms with Gasteiger partial charge in [0.1, 0.15) is 11.6 Å². The molecule has 0 radical (unpaired) electrons. The molecule has 1 atom stereocenters. The minimum Gasteiger partial charge on any atom is -0.271 e. The number of hydrogen-bond acceptors (Lipinski definition) is 2. The smallest absolute Gasteiger partial charge is 0.130 e. The van der Waals surface area contributed by atoms with Crippen LogP contribution in [0.2, 0.25) is 0 Å². The number of halogens is 2. The van der Waals surface area contributed by atoms with Crippen molar-refractivity contribution in [2.24, 2.45) is 5.84 Å². The average molecular weight is 290 g/mol. The topological polar surface area (TPSA) is 38.0 Å². The summed E-state index contributed by atoms with van der Waals surface area (Å²) in [5, 5.41) is 0. The summed E-state index contributed by atoms with van der Waals surface area (Å²) in [7, 11) is 0. The lowest BCUT2D eigenvalue weighted by atomic mass is 9.95. The lowest BCUT2D eigenvalue weighted by Crippen LogP contribution is -2.30. The highest BCUT2D eigenvalue weighted by molar-refractivity contribution is 5.33. The third kappa shape index (κ3) is 3.65. The fraction of sp³-hybridized carbons (Fsp3) is 0.294. The fourth-order valence-corrected chi connectivity index (χ4v) is 2.63. The van der Waals surface area contributed by atoms with E-state index in [1.54, 1.807) is 6.92 Å². The summed E-state index contributed by atoms with van der Waals surface area (Å²) in [5.74, 6) is 4.45. The van der Waals surface area contributed by atoms with Crippen LogP contribution < -0.4 is 11.3 Å². The second kappa shape index (κ2) is 6.33. The second-order valence-corrected chi connectivity index (χ2v) is 5.54. The Balaban J connectivity index is 2.34. The van der Waals surface area contributed by atoms with Crippen LogP contribution in [0.15, 0.2) is 30.3 Å². The minimum atomic E-state index is -0.578. The van der Waals surface area contributed by atoms with E-state index in [-0.39, 0.29) is 0 Å². The van der Waals surface area contributed by atoms with E-state index in [0.29, 0.717) is 17.5 Å². The number of nitrogens with two attached hydrogens (primary N) is 1. The van der Waals surface area contributed by atoms with Crippen LogP contribution >= 0.6 is 0 Å². The predicted octanol–water partition coefficient (Wildman–Crippen LogP) is 3.64. The molecule has 2 aromatic rings. The van der Waals surface area contributed by atoms with Gasteiger partial charge in [0.2, 0.25) is 0 Å². The summed E-state index contributed by atoms with van der Waals surface area (Å²) in [6, 6.07) is 8.20. The Kier molecular flexibility index (Phi) is 4.70. The summed E-state index contributed by atoms with van der Waals surface area (Å²) < 4.78 is 27.4. The van der Waals surface area contributed by atoms with Crippen LogP contribution in [-0.4, -0.2) is 0 Å². The molecule has 0 amide bonds. The van der Waals surface area contributed by atoms with Crippen LogP contribution in [0, 0.1) is 32.4 Å². The van der Waals surface area contributed by atoms with Gasteiger partial charge in [-0.05, 0) is 44.4 Å². The van der Waals surface area contributed by atoms with Gasteiger partial charge in [-0.15, -0.1) is 0 Å². The molecule has 1 unspecified atom stereocenters. The van der Waals surface area contributed by atoms with Crippen LogP contribution in [0.25, 0.3) is 0 Å². The van der Waals surface area contributed by atoms with E-state index >= 15 is 0 Å². The average Bonchev–Trinajstić information content (AvgIpc) is 2.39. The van der Waals surface area contributed by atoms with Gasteiger partial charge in [-0.1, -0.05) is 29.3 Å². The van der Waals surface area contributed by atoms with E-state index in [2.05, 4.69) is 11.5 Å². The lowest BCUT2D eigenvalue weighted by molar-refractivity contribution is 0.500. The van der Waals surface area contributed by atoms with Gasteiger partial charge < -0.3 is 0 Å². The van der Waals surface area contributed by atoms with Gasteiger partial charge in [0.25, 0.3) is 0 Å². The second-order valence-electron chi connectivity index (χ2n) is 5.54. The summed E-state index contributed by atoms with van der Waals surface area (Å²) >= 11 is 0. The maximum Gasteiger partial charge on any atom is 0.130 e. The summed E-state index contributed by atoms with van der Waals surface area (Å²) in [4.78, 5) is 0. The van der Waals surface area contributed by atoms with Crippen LogP contribution in [0.1, 0.15) is 33.9 Å². The Morgan fingerprint density at radius 2 is 1.57 bits per heavy atom. The van der Waals surface area contributed by atoms with Gasteiger partial charge in [0, 0.05) is 11.6 Å². The molecule has 21 heavy (non-hydrogen) atoms. The normalized spacial score (nSPS) is 12.5. The SMILES string of the molecule is Cc1cc(C)cc(CC(NN)c2cc(C)c(F)cc2F)c1. The molecule has 0 heterocycles. The summed E-state index contributed by atoms with van der Waals surface area (Å²) in [5.41, 5.74) is 6.79. The number of hydrazine groups is 1. The Morgan fingerprint density at radius 1 is 0.952 bits per heavy atom. The summed E-state index contributed by atoms with van der Waals surface area (Å²) in [6.45, 7) is 5.65. The highest BCUT2D eigenvalue weighted by atomic mass is 19.1. The van der Waals surface area contributed by atoms with Crippen molar-refractivity contribution in [2.75, 3.05) is 0 Å². The van der Waals surface area contributed by atoms with Crippen molar-refractivity contribution in [3.8, 4) is 0 Å². The molecule has 2 nitrogen and oxygen atoms in total. The first kappa shape index (κ1) is 15.6. The van der Waals surface area contributed by atoms with Gasteiger partial charge >= 0.3 is 0 Å². The maximum absolute atomic E-state index is 14.0. The molecule has 2 rings (SSSR count). The first-order chi connectivity index (χ1) is 9.90. The minimum absolute atomic E-state index is 0.385. The fourth-order valence-electron chi connectivity index (χ4n) is 2.63. The molecule has 2 aromatic carbocycles. The lowest BCUT2D eigenvalue weighted by Gasteiger charge is -2.18. The van der Waals surface area contributed by atoms with Gasteiger partial charge in [0.05, 0.1) is 6.04 Å². The molecule has 0 saturated heterocycles. The van der Waals surface area contributed by atoms with Crippen molar-refractivity contribution in [2.45, 2.75) is 33.2 Å². The number of nitrogens with one attached hydrogen (secondary N) is 1. The molecule has 3 N–H and O–H groups in total. The van der Waals surface area contributed by atoms with Gasteiger partial charge in [-0.2, -0.15) is 0 Å². The molecule has 0 fully saturated rings. The van der Waals surface area contributed by atoms with E-state index < -0.39 is 17.7 Å². The monoisotopic (exact) mass is 290 g/mol. The Hall–Kier alpha value is -1.78. The zero-order valence-electron chi connectivity index (χ0n) is 12.5. The molecule has 4 heteroatoms. The van der Waals surface area contributed by atoms with E-state index in [1.165, 1.54) is 6.07 Å². The number of aryl methyl sites for hydroxylation is 3. The third-order valence-corrected chi connectivity index (χ3v) is 3.58. The van der Waals surface area contributed by atoms with Crippen molar-refractivity contribution in [3.05, 3.63) is 69.8 Å². The number of hydrogen-bond donors (Lipinski definition) is 2. The molecular formula is C17H20F2N2. The van der Waals surface area contributed by atoms with E-state index in [1.807, 2.05) is 26.0 Å². The molecule has 0 aliphatic carbocycles. The first-order valence-corrected chi connectivity index (χ1v) is 6.89. The first-order valence-electron chi connectivity index (χ1n) is 6.89. The molecule has 0 aromatic heterocycles. The third-order valence-electron chi connectivity index (χ3n) is 3.58. The van der Waals surface area contributed by atoms with Crippen molar-refractivity contribution < 1.29 is 8.78 Å². The molecule has 0 aliphatic heterocycles. The van der Waals surface area contributed by atoms with Crippen molar-refractivity contribution in [3.63, 3.8) is 0 Å². The molecule has 112 valence electrons. The standard InChI is InChI=1S/C17H20F2N2/c1-10-4-11(2)6-13(5-10)8-17(21-20)14-7-12(3)15(18)9-16(14)19/h4-7,9,17,21H,8,20H2,1-3H3. The quantitative estimate of drug-likeness (QED) is 0.666. The summed E-state index contributed by atoms with van der Waals surface area (Å²) in [6.07, 6.45) is 0.543. The van der Waals surface area contributed by atoms with Gasteiger partial charge in [-0.3, -0.25) is 11.3 Å². The maximum atomic E-state index is 14.0. The Labute approximate surface area is 124 Å². The number of benzene rings is 2. The highest BCUT2D eigenvalue weighted by Crippen LogP contribution is 2.24. The highest BCUT2D eigenvalue weighted by Gasteiger charge is 2.17. The van der Waals surface area contributed by atoms with Crippen molar-refractivity contribution in [1.29, 1.82) is 0 Å². The molecule has 0 aliphatic rings. The van der Waals surface area contributed by atoms with Crippen LogP contribution in [0.3, 0.4) is 0 Å². The predicted molar refractivity (Wildman–Crippen MR) is 80.8 cm³/mol. The van der Waals surface area contributed by atoms with Gasteiger partial charge in [0.15, 0.2) is 0 Å². The molecule has 0 spiro atoms.